The molecule has 1 unspecified atom stereocenters. The van der Waals surface area contributed by atoms with E-state index in [-0.39, 0.29) is 16.4 Å². The smallest absolute Gasteiger partial charge is 0.339 e. The Morgan fingerprint density at radius 3 is 2.41 bits per heavy atom. The van der Waals surface area contributed by atoms with Crippen LogP contribution in [-0.4, -0.2) is 30.7 Å². The monoisotopic (exact) mass is 330 g/mol. The van der Waals surface area contributed by atoms with E-state index in [2.05, 4.69) is 5.32 Å². The number of anilines is 1. The van der Waals surface area contributed by atoms with Crippen LogP contribution >= 0.6 is 11.6 Å². The van der Waals surface area contributed by atoms with Crippen LogP contribution in [0, 0.1) is 10.1 Å². The number of ether oxygens (including phenoxy) is 2. The maximum Gasteiger partial charge on any atom is 0.339 e. The highest BCUT2D eigenvalue weighted by Gasteiger charge is 2.32. The number of hydrogen-bond acceptors (Lipinski definition) is 6. The van der Waals surface area contributed by atoms with E-state index in [0.29, 0.717) is 5.56 Å². The summed E-state index contributed by atoms with van der Waals surface area (Å²) in [6, 6.07) is 2.67. The van der Waals surface area contributed by atoms with Gasteiger partial charge in [-0.15, -0.1) is 0 Å². The number of hydrogen-bond donors (Lipinski definition) is 1. The summed E-state index contributed by atoms with van der Waals surface area (Å²) in [5.74, 6) is -0.632. The van der Waals surface area contributed by atoms with Gasteiger partial charge in [-0.05, 0) is 26.8 Å². The van der Waals surface area contributed by atoms with Gasteiger partial charge in [-0.1, -0.05) is 11.6 Å². The molecule has 1 atom stereocenters. The first kappa shape index (κ1) is 18.2. The molecule has 0 aliphatic heterocycles. The average molecular weight is 331 g/mol. The molecule has 8 heteroatoms. The lowest BCUT2D eigenvalue weighted by molar-refractivity contribution is -0.383. The van der Waals surface area contributed by atoms with Gasteiger partial charge in [0, 0.05) is 18.7 Å². The van der Waals surface area contributed by atoms with Crippen molar-refractivity contribution in [3.05, 3.63) is 32.8 Å². The second-order valence-corrected chi connectivity index (χ2v) is 5.88. The molecule has 0 aromatic heterocycles. The zero-order valence-electron chi connectivity index (χ0n) is 13.1. The van der Waals surface area contributed by atoms with Crippen LogP contribution in [0.5, 0.6) is 0 Å². The van der Waals surface area contributed by atoms with Crippen LogP contribution in [0.15, 0.2) is 12.1 Å². The van der Waals surface area contributed by atoms with E-state index in [1.165, 1.54) is 26.3 Å². The van der Waals surface area contributed by atoms with Crippen LogP contribution in [0.3, 0.4) is 0 Å². The van der Waals surface area contributed by atoms with Crippen LogP contribution in [0.25, 0.3) is 0 Å². The molecule has 0 aliphatic rings. The molecule has 0 aliphatic carbocycles. The number of benzene rings is 1. The van der Waals surface area contributed by atoms with Crippen molar-refractivity contribution in [3.63, 3.8) is 0 Å². The summed E-state index contributed by atoms with van der Waals surface area (Å²) in [6.45, 7) is 5.34. The number of nitrogens with one attached hydrogen (secondary N) is 1. The van der Waals surface area contributed by atoms with Crippen molar-refractivity contribution in [2.45, 2.75) is 32.5 Å². The normalized spacial score (nSPS) is 12.6. The molecular formula is C14H19ClN2O5. The van der Waals surface area contributed by atoms with Crippen molar-refractivity contribution >= 4 is 28.9 Å². The van der Waals surface area contributed by atoms with Gasteiger partial charge in [0.05, 0.1) is 22.7 Å². The Hall–Kier alpha value is -1.86. The van der Waals surface area contributed by atoms with E-state index in [0.717, 1.165) is 0 Å². The third kappa shape index (κ3) is 4.08. The lowest BCUT2D eigenvalue weighted by Crippen LogP contribution is -2.28. The maximum atomic E-state index is 12.0. The molecule has 1 N–H and O–H groups in total. The van der Waals surface area contributed by atoms with E-state index in [1.54, 1.807) is 20.8 Å². The summed E-state index contributed by atoms with van der Waals surface area (Å²) in [7, 11) is 2.75. The Bertz CT molecular complexity index is 583. The minimum atomic E-state index is -1.08. The summed E-state index contributed by atoms with van der Waals surface area (Å²) in [5.41, 5.74) is -0.395. The topological polar surface area (TPSA) is 90.7 Å². The summed E-state index contributed by atoms with van der Waals surface area (Å²) >= 11 is 6.23. The molecule has 0 saturated carbocycles. The quantitative estimate of drug-likeness (QED) is 0.506. The Labute approximate surface area is 133 Å². The molecule has 7 nitrogen and oxygen atoms in total. The van der Waals surface area contributed by atoms with Crippen LogP contribution in [0.2, 0.25) is 5.02 Å². The first-order chi connectivity index (χ1) is 10.1. The van der Waals surface area contributed by atoms with Crippen molar-refractivity contribution < 1.29 is 19.2 Å². The molecule has 0 fully saturated rings. The van der Waals surface area contributed by atoms with Gasteiger partial charge >= 0.3 is 5.97 Å². The third-order valence-electron chi connectivity index (χ3n) is 2.77. The van der Waals surface area contributed by atoms with Gasteiger partial charge in [-0.2, -0.15) is 0 Å². The molecule has 0 saturated heterocycles. The first-order valence-electron chi connectivity index (χ1n) is 6.52. The predicted octanol–water partition coefficient (Wildman–Crippen LogP) is 3.32. The number of methoxy groups -OCH3 is 1. The first-order valence-corrected chi connectivity index (χ1v) is 6.90. The third-order valence-corrected chi connectivity index (χ3v) is 3.17. The van der Waals surface area contributed by atoms with Gasteiger partial charge in [0.15, 0.2) is 6.10 Å². The standard InChI is InChI=1S/C14H19ClN2O5/c1-14(2,3)22-12(13(18)21-5)8-6-7-9(17(19)20)11(16-4)10(8)15/h6-7,12,16H,1-5H3. The van der Waals surface area contributed by atoms with E-state index >= 15 is 0 Å². The molecule has 0 bridgehead atoms. The molecule has 1 aromatic rings. The lowest BCUT2D eigenvalue weighted by atomic mass is 10.1. The number of halogens is 1. The number of carbonyl (C=O) groups is 1. The van der Waals surface area contributed by atoms with Crippen molar-refractivity contribution in [2.24, 2.45) is 0 Å². The van der Waals surface area contributed by atoms with Crippen molar-refractivity contribution in [2.75, 3.05) is 19.5 Å². The molecule has 0 heterocycles. The van der Waals surface area contributed by atoms with E-state index in [1.807, 2.05) is 0 Å². The largest absolute Gasteiger partial charge is 0.467 e. The van der Waals surface area contributed by atoms with Gasteiger partial charge < -0.3 is 14.8 Å². The summed E-state index contributed by atoms with van der Waals surface area (Å²) in [4.78, 5) is 22.5. The summed E-state index contributed by atoms with van der Waals surface area (Å²) in [6.07, 6.45) is -1.08. The Morgan fingerprint density at radius 2 is 2.00 bits per heavy atom. The molecule has 0 amide bonds. The number of rotatable bonds is 5. The Balaban J connectivity index is 3.43. The number of nitro benzene ring substituents is 1. The SMILES string of the molecule is CNc1c([N+](=O)[O-])ccc(C(OC(C)(C)C)C(=O)OC)c1Cl. The number of carbonyl (C=O) groups excluding carboxylic acids is 1. The number of esters is 1. The van der Waals surface area contributed by atoms with Crippen molar-refractivity contribution in [3.8, 4) is 0 Å². The van der Waals surface area contributed by atoms with Crippen molar-refractivity contribution in [1.82, 2.24) is 0 Å². The van der Waals surface area contributed by atoms with Gasteiger partial charge in [-0.3, -0.25) is 10.1 Å². The van der Waals surface area contributed by atoms with Crippen LogP contribution in [0.4, 0.5) is 11.4 Å². The second kappa shape index (κ2) is 6.93. The summed E-state index contributed by atoms with van der Waals surface area (Å²) < 4.78 is 10.4. The van der Waals surface area contributed by atoms with Crippen LogP contribution < -0.4 is 5.32 Å². The number of nitrogens with zero attached hydrogens (tertiary/aromatic N) is 1. The van der Waals surface area contributed by atoms with Crippen LogP contribution in [-0.2, 0) is 14.3 Å². The van der Waals surface area contributed by atoms with E-state index in [4.69, 9.17) is 21.1 Å². The molecule has 1 rings (SSSR count). The fourth-order valence-corrected chi connectivity index (χ4v) is 2.23. The fourth-order valence-electron chi connectivity index (χ4n) is 1.87. The number of nitro groups is 1. The highest BCUT2D eigenvalue weighted by molar-refractivity contribution is 6.34. The minimum Gasteiger partial charge on any atom is -0.467 e. The van der Waals surface area contributed by atoms with E-state index < -0.39 is 22.6 Å². The van der Waals surface area contributed by atoms with Crippen molar-refractivity contribution in [1.29, 1.82) is 0 Å². The molecule has 0 spiro atoms. The van der Waals surface area contributed by atoms with Gasteiger partial charge in [0.1, 0.15) is 5.69 Å². The molecule has 122 valence electrons. The zero-order valence-corrected chi connectivity index (χ0v) is 13.9. The molecule has 0 radical (unpaired) electrons. The van der Waals surface area contributed by atoms with Crippen LogP contribution in [0.1, 0.15) is 32.4 Å². The van der Waals surface area contributed by atoms with Gasteiger partial charge in [0.2, 0.25) is 0 Å². The maximum absolute atomic E-state index is 12.0. The lowest BCUT2D eigenvalue weighted by Gasteiger charge is -2.27. The fraction of sp³-hybridized carbons (Fsp3) is 0.500. The molecular weight excluding hydrogens is 312 g/mol. The zero-order chi connectivity index (χ0) is 17.1. The Kier molecular flexibility index (Phi) is 5.73. The minimum absolute atomic E-state index is 0.0522. The second-order valence-electron chi connectivity index (χ2n) is 5.50. The van der Waals surface area contributed by atoms with E-state index in [9.17, 15) is 14.9 Å². The predicted molar refractivity (Wildman–Crippen MR) is 83.2 cm³/mol. The summed E-state index contributed by atoms with van der Waals surface area (Å²) in [5, 5.41) is 13.7. The van der Waals surface area contributed by atoms with Gasteiger partial charge in [-0.25, -0.2) is 4.79 Å². The highest BCUT2D eigenvalue weighted by Crippen LogP contribution is 2.39. The Morgan fingerprint density at radius 1 is 1.41 bits per heavy atom. The highest BCUT2D eigenvalue weighted by atomic mass is 35.5. The molecule has 1 aromatic carbocycles. The molecule has 22 heavy (non-hydrogen) atoms. The average Bonchev–Trinajstić information content (AvgIpc) is 2.42. The van der Waals surface area contributed by atoms with Gasteiger partial charge in [0.25, 0.3) is 5.69 Å².